The molecule has 0 unspecified atom stereocenters. The van der Waals surface area contributed by atoms with Crippen LogP contribution in [0, 0.1) is 0 Å². The molecule has 49 heavy (non-hydrogen) atoms. The van der Waals surface area contributed by atoms with Gasteiger partial charge in [-0.1, -0.05) is 115 Å². The van der Waals surface area contributed by atoms with E-state index in [1.807, 2.05) is 23.5 Å². The molecule has 0 spiro atoms. The van der Waals surface area contributed by atoms with Gasteiger partial charge in [0.25, 0.3) is 0 Å². The molecule has 0 radical (unpaired) electrons. The van der Waals surface area contributed by atoms with E-state index in [4.69, 9.17) is 4.42 Å². The third kappa shape index (κ3) is 4.70. The van der Waals surface area contributed by atoms with Crippen LogP contribution in [0.3, 0.4) is 0 Å². The molecule has 0 fully saturated rings. The molecule has 0 saturated carbocycles. The van der Waals surface area contributed by atoms with E-state index in [1.54, 1.807) is 0 Å². The maximum Gasteiger partial charge on any atom is 0.136 e. The average molecular weight is 644 g/mol. The minimum atomic E-state index is 0.925. The molecule has 3 heteroatoms. The highest BCUT2D eigenvalue weighted by Gasteiger charge is 2.18. The number of benzene rings is 8. The van der Waals surface area contributed by atoms with Crippen LogP contribution >= 0.6 is 11.3 Å². The monoisotopic (exact) mass is 643 g/mol. The number of nitrogens with zero attached hydrogens (tertiary/aromatic N) is 1. The maximum atomic E-state index is 6.15. The molecule has 2 heterocycles. The zero-order chi connectivity index (χ0) is 32.3. The van der Waals surface area contributed by atoms with Crippen molar-refractivity contribution in [2.24, 2.45) is 0 Å². The predicted octanol–water partition coefficient (Wildman–Crippen LogP) is 13.9. The van der Waals surface area contributed by atoms with E-state index >= 15 is 0 Å². The van der Waals surface area contributed by atoms with Gasteiger partial charge in [0.1, 0.15) is 11.2 Å². The molecule has 10 aromatic rings. The summed E-state index contributed by atoms with van der Waals surface area (Å²) in [5.41, 5.74) is 10.1. The number of thiophene rings is 1. The van der Waals surface area contributed by atoms with E-state index in [2.05, 4.69) is 169 Å². The van der Waals surface area contributed by atoms with Crippen molar-refractivity contribution in [3.63, 3.8) is 0 Å². The Hall–Kier alpha value is -6.16. The highest BCUT2D eigenvalue weighted by Crippen LogP contribution is 2.45. The van der Waals surface area contributed by atoms with Crippen LogP contribution in [0.15, 0.2) is 180 Å². The van der Waals surface area contributed by atoms with Crippen molar-refractivity contribution >= 4 is 81.3 Å². The van der Waals surface area contributed by atoms with Crippen LogP contribution in [-0.4, -0.2) is 0 Å². The van der Waals surface area contributed by atoms with Gasteiger partial charge in [-0.05, 0) is 93.7 Å². The first-order valence-corrected chi connectivity index (χ1v) is 17.4. The molecule has 8 aromatic carbocycles. The van der Waals surface area contributed by atoms with Gasteiger partial charge in [0, 0.05) is 37.6 Å². The van der Waals surface area contributed by atoms with E-state index in [0.29, 0.717) is 0 Å². The Bertz CT molecular complexity index is 2810. The van der Waals surface area contributed by atoms with Gasteiger partial charge in [-0.15, -0.1) is 11.3 Å². The Balaban J connectivity index is 1.08. The summed E-state index contributed by atoms with van der Waals surface area (Å²) >= 11 is 1.86. The van der Waals surface area contributed by atoms with Crippen molar-refractivity contribution in [1.29, 1.82) is 0 Å². The number of hydrogen-bond donors (Lipinski definition) is 0. The minimum absolute atomic E-state index is 0.925. The van der Waals surface area contributed by atoms with Crippen molar-refractivity contribution < 1.29 is 4.42 Å². The van der Waals surface area contributed by atoms with Gasteiger partial charge in [0.15, 0.2) is 0 Å². The fraction of sp³-hybridized carbons (Fsp3) is 0. The average Bonchev–Trinajstić information content (AvgIpc) is 3.73. The van der Waals surface area contributed by atoms with Crippen molar-refractivity contribution in [2.75, 3.05) is 4.90 Å². The first kappa shape index (κ1) is 27.9. The molecule has 0 saturated heterocycles. The number of furan rings is 1. The fourth-order valence-electron chi connectivity index (χ4n) is 7.22. The molecule has 0 aliphatic carbocycles. The molecule has 0 aliphatic heterocycles. The summed E-state index contributed by atoms with van der Waals surface area (Å²) in [5, 5.41) is 7.28. The van der Waals surface area contributed by atoms with Gasteiger partial charge in [-0.25, -0.2) is 0 Å². The van der Waals surface area contributed by atoms with Crippen LogP contribution in [0.5, 0.6) is 0 Å². The number of rotatable bonds is 5. The molecule has 0 bridgehead atoms. The van der Waals surface area contributed by atoms with Crippen LogP contribution in [-0.2, 0) is 0 Å². The number of anilines is 3. The topological polar surface area (TPSA) is 16.4 Å². The summed E-state index contributed by atoms with van der Waals surface area (Å²) in [4.78, 5) is 2.40. The highest BCUT2D eigenvalue weighted by atomic mass is 32.1. The number of para-hydroxylation sites is 1. The third-order valence-electron chi connectivity index (χ3n) is 9.65. The largest absolute Gasteiger partial charge is 0.456 e. The molecule has 0 N–H and O–H groups in total. The Kier molecular flexibility index (Phi) is 6.39. The third-order valence-corrected chi connectivity index (χ3v) is 10.9. The van der Waals surface area contributed by atoms with Crippen molar-refractivity contribution in [3.8, 4) is 22.3 Å². The number of hydrogen-bond acceptors (Lipinski definition) is 3. The van der Waals surface area contributed by atoms with E-state index in [9.17, 15) is 0 Å². The van der Waals surface area contributed by atoms with E-state index in [-0.39, 0.29) is 0 Å². The summed E-state index contributed by atoms with van der Waals surface area (Å²) in [6.07, 6.45) is 0. The zero-order valence-corrected chi connectivity index (χ0v) is 27.3. The molecule has 0 amide bonds. The van der Waals surface area contributed by atoms with Gasteiger partial charge in [-0.3, -0.25) is 0 Å². The van der Waals surface area contributed by atoms with Gasteiger partial charge in [0.05, 0.1) is 10.4 Å². The van der Waals surface area contributed by atoms with Crippen LogP contribution in [0.4, 0.5) is 17.1 Å². The molecule has 2 nitrogen and oxygen atoms in total. The summed E-state index contributed by atoms with van der Waals surface area (Å²) in [6.45, 7) is 0. The fourth-order valence-corrected chi connectivity index (χ4v) is 8.43. The van der Waals surface area contributed by atoms with Crippen LogP contribution in [0.25, 0.3) is 75.1 Å². The van der Waals surface area contributed by atoms with Crippen LogP contribution in [0.1, 0.15) is 0 Å². The predicted molar refractivity (Wildman–Crippen MR) is 210 cm³/mol. The Morgan fingerprint density at radius 2 is 1.02 bits per heavy atom. The molecule has 10 rings (SSSR count). The Labute approximate surface area is 287 Å². The van der Waals surface area contributed by atoms with E-state index in [1.165, 1.54) is 58.9 Å². The van der Waals surface area contributed by atoms with Crippen molar-refractivity contribution in [3.05, 3.63) is 176 Å². The summed E-state index contributed by atoms with van der Waals surface area (Å²) in [5.74, 6) is 0. The lowest BCUT2D eigenvalue weighted by Crippen LogP contribution is -2.10. The molecular weight excluding hydrogens is 615 g/mol. The van der Waals surface area contributed by atoms with E-state index in [0.717, 1.165) is 33.3 Å². The zero-order valence-electron chi connectivity index (χ0n) is 26.5. The lowest BCUT2D eigenvalue weighted by Gasteiger charge is -2.26. The van der Waals surface area contributed by atoms with Gasteiger partial charge in [-0.2, -0.15) is 0 Å². The molecule has 0 atom stereocenters. The first-order chi connectivity index (χ1) is 24.3. The van der Waals surface area contributed by atoms with Gasteiger partial charge in [0.2, 0.25) is 0 Å². The van der Waals surface area contributed by atoms with Crippen molar-refractivity contribution in [2.45, 2.75) is 0 Å². The normalized spacial score (nSPS) is 11.7. The molecule has 230 valence electrons. The lowest BCUT2D eigenvalue weighted by molar-refractivity contribution is 0.669. The molecule has 0 aliphatic rings. The molecular formula is C46H29NOS. The maximum absolute atomic E-state index is 6.15. The van der Waals surface area contributed by atoms with Gasteiger partial charge < -0.3 is 9.32 Å². The lowest BCUT2D eigenvalue weighted by atomic mass is 9.99. The van der Waals surface area contributed by atoms with E-state index < -0.39 is 0 Å². The smallest absolute Gasteiger partial charge is 0.136 e. The SMILES string of the molecule is c1ccc(-c2ccc(N(c3ccc(-c4ccc5cc6oc7ccccc7c6cc5c4)cc3)c3cccc4c3sc3ccccc34)cc2)cc1. The molecule has 2 aromatic heterocycles. The summed E-state index contributed by atoms with van der Waals surface area (Å²) in [6, 6.07) is 63.3. The summed E-state index contributed by atoms with van der Waals surface area (Å²) < 4.78 is 8.74. The minimum Gasteiger partial charge on any atom is -0.456 e. The summed E-state index contributed by atoms with van der Waals surface area (Å²) in [7, 11) is 0. The van der Waals surface area contributed by atoms with Crippen LogP contribution in [0.2, 0.25) is 0 Å². The number of fused-ring (bicyclic) bond motifs is 7. The Morgan fingerprint density at radius 3 is 1.82 bits per heavy atom. The second-order valence-electron chi connectivity index (χ2n) is 12.6. The van der Waals surface area contributed by atoms with Gasteiger partial charge >= 0.3 is 0 Å². The van der Waals surface area contributed by atoms with Crippen LogP contribution < -0.4 is 4.90 Å². The second kappa shape index (κ2) is 11.2. The quantitative estimate of drug-likeness (QED) is 0.186. The second-order valence-corrected chi connectivity index (χ2v) is 13.6. The standard InChI is InChI=1S/C46H29NOS/c1-2-9-30(10-3-1)31-19-23-36(24-20-31)47(42-14-8-13-40-39-12-5-7-16-45(39)49-46(40)42)37-25-21-32(22-26-37)33-17-18-34-29-44-41(28-35(34)27-33)38-11-4-6-15-43(38)48-44/h1-29H. The Morgan fingerprint density at radius 1 is 0.388 bits per heavy atom. The highest BCUT2D eigenvalue weighted by molar-refractivity contribution is 7.26. The first-order valence-electron chi connectivity index (χ1n) is 16.6. The van der Waals surface area contributed by atoms with Crippen molar-refractivity contribution in [1.82, 2.24) is 0 Å².